The Labute approximate surface area is 173 Å². The minimum atomic E-state index is 0.0541. The van der Waals surface area contributed by atoms with E-state index in [-0.39, 0.29) is 18.0 Å². The first-order valence-corrected chi connectivity index (χ1v) is 10.6. The maximum absolute atomic E-state index is 12.8. The molecule has 1 fully saturated rings. The molecule has 29 heavy (non-hydrogen) atoms. The number of amides is 1. The summed E-state index contributed by atoms with van der Waals surface area (Å²) < 4.78 is 11.4. The van der Waals surface area contributed by atoms with Crippen LogP contribution in [0.5, 0.6) is 11.5 Å². The van der Waals surface area contributed by atoms with E-state index >= 15 is 0 Å². The second-order valence-electron chi connectivity index (χ2n) is 7.97. The van der Waals surface area contributed by atoms with E-state index in [1.807, 2.05) is 6.07 Å². The standard InChI is InChI=1S/C24H30N2O3/c1-3-20(18-8-6-17(2)7-9-18)25-24(27)16-26-12-4-5-21(26)19-10-11-22-23(15-19)29-14-13-28-22/h6-11,15,20-21H,3-5,12-14,16H2,1-2H3,(H,25,27). The van der Waals surface area contributed by atoms with Gasteiger partial charge in [0.15, 0.2) is 11.5 Å². The molecule has 5 nitrogen and oxygen atoms in total. The predicted molar refractivity (Wildman–Crippen MR) is 113 cm³/mol. The van der Waals surface area contributed by atoms with Crippen LogP contribution >= 0.6 is 0 Å². The summed E-state index contributed by atoms with van der Waals surface area (Å²) in [7, 11) is 0. The summed E-state index contributed by atoms with van der Waals surface area (Å²) >= 11 is 0. The lowest BCUT2D eigenvalue weighted by Gasteiger charge is -2.27. The van der Waals surface area contributed by atoms with Crippen molar-refractivity contribution in [3.8, 4) is 11.5 Å². The van der Waals surface area contributed by atoms with Crippen LogP contribution in [0.3, 0.4) is 0 Å². The van der Waals surface area contributed by atoms with Crippen LogP contribution in [0.1, 0.15) is 55.0 Å². The molecular weight excluding hydrogens is 364 g/mol. The van der Waals surface area contributed by atoms with Crippen LogP contribution in [-0.2, 0) is 4.79 Å². The van der Waals surface area contributed by atoms with Gasteiger partial charge in [-0.15, -0.1) is 0 Å². The summed E-state index contributed by atoms with van der Waals surface area (Å²) in [5.74, 6) is 1.71. The van der Waals surface area contributed by atoms with E-state index in [0.717, 1.165) is 42.9 Å². The third-order valence-electron chi connectivity index (χ3n) is 5.88. The fourth-order valence-corrected chi connectivity index (χ4v) is 4.30. The zero-order valence-corrected chi connectivity index (χ0v) is 17.3. The molecule has 0 aliphatic carbocycles. The Morgan fingerprint density at radius 2 is 1.90 bits per heavy atom. The molecular formula is C24H30N2O3. The zero-order valence-electron chi connectivity index (χ0n) is 17.3. The van der Waals surface area contributed by atoms with Crippen LogP contribution in [-0.4, -0.2) is 37.1 Å². The van der Waals surface area contributed by atoms with Crippen LogP contribution in [0.4, 0.5) is 0 Å². The molecule has 1 amide bonds. The van der Waals surface area contributed by atoms with Crippen molar-refractivity contribution in [3.05, 3.63) is 59.2 Å². The van der Waals surface area contributed by atoms with E-state index in [9.17, 15) is 4.79 Å². The van der Waals surface area contributed by atoms with Crippen molar-refractivity contribution < 1.29 is 14.3 Å². The smallest absolute Gasteiger partial charge is 0.234 e. The topological polar surface area (TPSA) is 50.8 Å². The minimum absolute atomic E-state index is 0.0541. The van der Waals surface area contributed by atoms with Crippen molar-refractivity contribution in [1.29, 1.82) is 0 Å². The summed E-state index contributed by atoms with van der Waals surface area (Å²) in [6.45, 7) is 6.73. The van der Waals surface area contributed by atoms with Gasteiger partial charge in [-0.25, -0.2) is 0 Å². The minimum Gasteiger partial charge on any atom is -0.486 e. The Morgan fingerprint density at radius 3 is 2.66 bits per heavy atom. The highest BCUT2D eigenvalue weighted by molar-refractivity contribution is 5.78. The molecule has 0 radical (unpaired) electrons. The van der Waals surface area contributed by atoms with Crippen LogP contribution < -0.4 is 14.8 Å². The lowest BCUT2D eigenvalue weighted by molar-refractivity contribution is -0.123. The van der Waals surface area contributed by atoms with Gasteiger partial charge < -0.3 is 14.8 Å². The predicted octanol–water partition coefficient (Wildman–Crippen LogP) is 4.17. The Hall–Kier alpha value is -2.53. The van der Waals surface area contributed by atoms with Crippen LogP contribution in [0, 0.1) is 6.92 Å². The molecule has 0 bridgehead atoms. The number of nitrogens with one attached hydrogen (secondary N) is 1. The lowest BCUT2D eigenvalue weighted by Crippen LogP contribution is -2.38. The number of rotatable bonds is 6. The quantitative estimate of drug-likeness (QED) is 0.799. The number of hydrogen-bond acceptors (Lipinski definition) is 4. The molecule has 2 aliphatic rings. The molecule has 1 N–H and O–H groups in total. The molecule has 154 valence electrons. The van der Waals surface area contributed by atoms with Gasteiger partial charge in [0, 0.05) is 6.04 Å². The Morgan fingerprint density at radius 1 is 1.14 bits per heavy atom. The maximum Gasteiger partial charge on any atom is 0.234 e. The largest absolute Gasteiger partial charge is 0.486 e. The summed E-state index contributed by atoms with van der Waals surface area (Å²) in [6.07, 6.45) is 3.03. The summed E-state index contributed by atoms with van der Waals surface area (Å²) in [4.78, 5) is 15.1. The van der Waals surface area contributed by atoms with Crippen molar-refractivity contribution in [2.24, 2.45) is 0 Å². The van der Waals surface area contributed by atoms with Gasteiger partial charge in [0.25, 0.3) is 0 Å². The molecule has 2 aromatic carbocycles. The second kappa shape index (κ2) is 8.87. The Kier molecular flexibility index (Phi) is 6.05. The third-order valence-corrected chi connectivity index (χ3v) is 5.88. The van der Waals surface area contributed by atoms with Crippen LogP contribution in [0.2, 0.25) is 0 Å². The maximum atomic E-state index is 12.8. The average molecular weight is 395 g/mol. The van der Waals surface area contributed by atoms with E-state index < -0.39 is 0 Å². The van der Waals surface area contributed by atoms with E-state index in [2.05, 4.69) is 60.5 Å². The van der Waals surface area contributed by atoms with Gasteiger partial charge in [-0.1, -0.05) is 42.8 Å². The van der Waals surface area contributed by atoms with Gasteiger partial charge in [-0.05, 0) is 56.0 Å². The molecule has 2 atom stereocenters. The normalized spacial score (nSPS) is 19.7. The summed E-state index contributed by atoms with van der Waals surface area (Å²) in [6, 6.07) is 14.9. The van der Waals surface area contributed by atoms with Gasteiger partial charge in [-0.2, -0.15) is 0 Å². The van der Waals surface area contributed by atoms with E-state index in [1.165, 1.54) is 11.1 Å². The second-order valence-corrected chi connectivity index (χ2v) is 7.97. The Bertz CT molecular complexity index is 850. The van der Waals surface area contributed by atoms with Crippen molar-refractivity contribution in [1.82, 2.24) is 10.2 Å². The highest BCUT2D eigenvalue weighted by atomic mass is 16.6. The summed E-state index contributed by atoms with van der Waals surface area (Å²) in [5, 5.41) is 3.23. The molecule has 0 aromatic heterocycles. The van der Waals surface area contributed by atoms with Crippen molar-refractivity contribution in [2.45, 2.75) is 45.2 Å². The van der Waals surface area contributed by atoms with Gasteiger partial charge in [0.1, 0.15) is 13.2 Å². The fraction of sp³-hybridized carbons (Fsp3) is 0.458. The molecule has 2 aromatic rings. The lowest BCUT2D eigenvalue weighted by atomic mass is 10.0. The van der Waals surface area contributed by atoms with E-state index in [4.69, 9.17) is 9.47 Å². The van der Waals surface area contributed by atoms with Crippen molar-refractivity contribution in [2.75, 3.05) is 26.3 Å². The average Bonchev–Trinajstić information content (AvgIpc) is 3.20. The van der Waals surface area contributed by atoms with Crippen LogP contribution in [0.15, 0.2) is 42.5 Å². The first-order valence-electron chi connectivity index (χ1n) is 10.6. The van der Waals surface area contributed by atoms with Gasteiger partial charge in [0.05, 0.1) is 12.6 Å². The fourth-order valence-electron chi connectivity index (χ4n) is 4.30. The number of aryl methyl sites for hydroxylation is 1. The number of ether oxygens (including phenoxy) is 2. The molecule has 4 rings (SSSR count). The van der Waals surface area contributed by atoms with E-state index in [0.29, 0.717) is 19.8 Å². The first kappa shape index (κ1) is 19.8. The first-order chi connectivity index (χ1) is 14.1. The SMILES string of the molecule is CCC(NC(=O)CN1CCCC1c1ccc2c(c1)OCCO2)c1ccc(C)cc1. The number of hydrogen-bond donors (Lipinski definition) is 1. The molecule has 2 heterocycles. The third kappa shape index (κ3) is 4.56. The van der Waals surface area contributed by atoms with Gasteiger partial charge in [0.2, 0.25) is 5.91 Å². The molecule has 0 spiro atoms. The van der Waals surface area contributed by atoms with Crippen molar-refractivity contribution in [3.63, 3.8) is 0 Å². The number of carbonyl (C=O) groups excluding carboxylic acids is 1. The number of nitrogens with zero attached hydrogens (tertiary/aromatic N) is 1. The number of likely N-dealkylation sites (tertiary alicyclic amines) is 1. The number of fused-ring (bicyclic) bond motifs is 1. The highest BCUT2D eigenvalue weighted by Crippen LogP contribution is 2.37. The zero-order chi connectivity index (χ0) is 20.2. The molecule has 2 unspecified atom stereocenters. The van der Waals surface area contributed by atoms with E-state index in [1.54, 1.807) is 0 Å². The Balaban J connectivity index is 1.41. The monoisotopic (exact) mass is 394 g/mol. The molecule has 5 heteroatoms. The molecule has 1 saturated heterocycles. The number of benzene rings is 2. The molecule has 2 aliphatic heterocycles. The highest BCUT2D eigenvalue weighted by Gasteiger charge is 2.29. The number of carbonyl (C=O) groups is 1. The molecule has 0 saturated carbocycles. The van der Waals surface area contributed by atoms with Gasteiger partial charge >= 0.3 is 0 Å². The summed E-state index contributed by atoms with van der Waals surface area (Å²) in [5.41, 5.74) is 3.59. The van der Waals surface area contributed by atoms with Crippen LogP contribution in [0.25, 0.3) is 0 Å². The van der Waals surface area contributed by atoms with Gasteiger partial charge in [-0.3, -0.25) is 9.69 Å². The van der Waals surface area contributed by atoms with Crippen molar-refractivity contribution >= 4 is 5.91 Å².